The summed E-state index contributed by atoms with van der Waals surface area (Å²) < 4.78 is 5.82. The first kappa shape index (κ1) is 41.0. The second kappa shape index (κ2) is 31.9. The standard InChI is InChI=1S/C40H78N2O2/c1-4-6-8-10-12-14-16-18-20-22-24-26-28-30-32-34-39-41-36-37-42(39)38(3)44-40(43)35-33-31-29-27-25-23-21-19-17-15-13-11-9-7-5-2/h38H,4-37H2,1-3H3. The fourth-order valence-corrected chi connectivity index (χ4v) is 6.73. The summed E-state index contributed by atoms with van der Waals surface area (Å²) in [6, 6.07) is 0. The summed E-state index contributed by atoms with van der Waals surface area (Å²) in [4.78, 5) is 19.4. The van der Waals surface area contributed by atoms with Crippen LogP contribution >= 0.6 is 0 Å². The zero-order valence-corrected chi connectivity index (χ0v) is 30.3. The second-order valence-corrected chi connectivity index (χ2v) is 14.0. The Morgan fingerprint density at radius 3 is 1.30 bits per heavy atom. The van der Waals surface area contributed by atoms with E-state index in [-0.39, 0.29) is 12.2 Å². The lowest BCUT2D eigenvalue weighted by Crippen LogP contribution is -2.39. The topological polar surface area (TPSA) is 41.9 Å². The molecular weight excluding hydrogens is 540 g/mol. The van der Waals surface area contributed by atoms with Crippen LogP contribution in [0.1, 0.15) is 226 Å². The van der Waals surface area contributed by atoms with Crippen molar-refractivity contribution < 1.29 is 9.53 Å². The molecule has 0 saturated carbocycles. The third-order valence-corrected chi connectivity index (χ3v) is 9.70. The fraction of sp³-hybridized carbons (Fsp3) is 0.950. The fourth-order valence-electron chi connectivity index (χ4n) is 6.73. The monoisotopic (exact) mass is 619 g/mol. The molecule has 0 aliphatic carbocycles. The predicted octanol–water partition coefficient (Wildman–Crippen LogP) is 13.1. The molecular formula is C40H78N2O2. The van der Waals surface area contributed by atoms with Gasteiger partial charge in [0.25, 0.3) is 0 Å². The Hall–Kier alpha value is -1.06. The Bertz CT molecular complexity index is 649. The van der Waals surface area contributed by atoms with E-state index in [4.69, 9.17) is 9.73 Å². The molecule has 0 bridgehead atoms. The summed E-state index contributed by atoms with van der Waals surface area (Å²) in [7, 11) is 0. The Labute approximate surface area is 276 Å². The average Bonchev–Trinajstić information content (AvgIpc) is 3.50. The number of hydrogen-bond donors (Lipinski definition) is 0. The molecule has 0 aromatic carbocycles. The maximum atomic E-state index is 12.5. The molecule has 0 aromatic rings. The molecule has 4 nitrogen and oxygen atoms in total. The predicted molar refractivity (Wildman–Crippen MR) is 194 cm³/mol. The number of carbonyl (C=O) groups excluding carboxylic acids is 1. The molecule has 4 heteroatoms. The van der Waals surface area contributed by atoms with Gasteiger partial charge in [0.1, 0.15) is 5.84 Å². The molecule has 260 valence electrons. The van der Waals surface area contributed by atoms with Crippen LogP contribution in [0.25, 0.3) is 0 Å². The van der Waals surface area contributed by atoms with E-state index in [1.54, 1.807) is 0 Å². The third kappa shape index (κ3) is 25.2. The molecule has 44 heavy (non-hydrogen) atoms. The number of esters is 1. The maximum Gasteiger partial charge on any atom is 0.307 e. The molecule has 0 fully saturated rings. The quantitative estimate of drug-likeness (QED) is 0.0532. The third-order valence-electron chi connectivity index (χ3n) is 9.70. The Balaban J connectivity index is 1.92. The van der Waals surface area contributed by atoms with E-state index in [0.29, 0.717) is 6.42 Å². The first-order valence-corrected chi connectivity index (χ1v) is 20.2. The maximum absolute atomic E-state index is 12.5. The van der Waals surface area contributed by atoms with E-state index in [0.717, 1.165) is 38.2 Å². The summed E-state index contributed by atoms with van der Waals surface area (Å²) >= 11 is 0. The summed E-state index contributed by atoms with van der Waals surface area (Å²) in [5, 5.41) is 0. The van der Waals surface area contributed by atoms with E-state index in [9.17, 15) is 4.79 Å². The van der Waals surface area contributed by atoms with Crippen LogP contribution in [0, 0.1) is 0 Å². The highest BCUT2D eigenvalue weighted by Crippen LogP contribution is 2.18. The number of rotatable bonds is 34. The first-order valence-electron chi connectivity index (χ1n) is 20.2. The van der Waals surface area contributed by atoms with Gasteiger partial charge in [-0.15, -0.1) is 0 Å². The van der Waals surface area contributed by atoms with Crippen molar-refractivity contribution in [3.05, 3.63) is 0 Å². The molecule has 0 amide bonds. The lowest BCUT2D eigenvalue weighted by atomic mass is 10.0. The van der Waals surface area contributed by atoms with Crippen molar-refractivity contribution in [3.63, 3.8) is 0 Å². The van der Waals surface area contributed by atoms with Gasteiger partial charge in [-0.3, -0.25) is 9.79 Å². The van der Waals surface area contributed by atoms with Gasteiger partial charge in [-0.05, 0) is 19.8 Å². The summed E-state index contributed by atoms with van der Waals surface area (Å²) in [5.74, 6) is 1.12. The van der Waals surface area contributed by atoms with Gasteiger partial charge in [-0.1, -0.05) is 194 Å². The Kier molecular flexibility index (Phi) is 29.7. The minimum atomic E-state index is -0.184. The van der Waals surface area contributed by atoms with Crippen molar-refractivity contribution in [2.24, 2.45) is 4.99 Å². The molecule has 0 aromatic heterocycles. The molecule has 1 aliphatic heterocycles. The molecule has 0 saturated heterocycles. The van der Waals surface area contributed by atoms with Crippen molar-refractivity contribution in [1.29, 1.82) is 0 Å². The van der Waals surface area contributed by atoms with Gasteiger partial charge in [0.05, 0.1) is 6.54 Å². The van der Waals surface area contributed by atoms with Gasteiger partial charge in [-0.2, -0.15) is 0 Å². The minimum absolute atomic E-state index is 0.0367. The normalized spacial score (nSPS) is 13.9. The smallest absolute Gasteiger partial charge is 0.307 e. The van der Waals surface area contributed by atoms with Gasteiger partial charge in [0.2, 0.25) is 0 Å². The molecule has 1 unspecified atom stereocenters. The highest BCUT2D eigenvalue weighted by Gasteiger charge is 2.24. The van der Waals surface area contributed by atoms with E-state index >= 15 is 0 Å². The van der Waals surface area contributed by atoms with Crippen LogP contribution in [0.4, 0.5) is 0 Å². The molecule has 1 aliphatic rings. The van der Waals surface area contributed by atoms with Gasteiger partial charge in [-0.25, -0.2) is 0 Å². The number of carbonyl (C=O) groups is 1. The summed E-state index contributed by atoms with van der Waals surface area (Å²) in [6.07, 6.45) is 42.4. The molecule has 1 heterocycles. The van der Waals surface area contributed by atoms with Crippen molar-refractivity contribution >= 4 is 11.8 Å². The van der Waals surface area contributed by atoms with Crippen LogP contribution in [-0.4, -0.2) is 36.0 Å². The van der Waals surface area contributed by atoms with Crippen LogP contribution < -0.4 is 0 Å². The van der Waals surface area contributed by atoms with E-state index in [1.807, 2.05) is 6.92 Å². The van der Waals surface area contributed by atoms with Gasteiger partial charge in [0.15, 0.2) is 6.23 Å². The number of amidine groups is 1. The highest BCUT2D eigenvalue weighted by molar-refractivity contribution is 5.84. The first-order chi connectivity index (χ1) is 21.7. The molecule has 0 spiro atoms. The van der Waals surface area contributed by atoms with Gasteiger partial charge >= 0.3 is 5.97 Å². The highest BCUT2D eigenvalue weighted by atomic mass is 16.6. The molecule has 1 atom stereocenters. The van der Waals surface area contributed by atoms with Gasteiger partial charge < -0.3 is 9.64 Å². The van der Waals surface area contributed by atoms with E-state index in [2.05, 4.69) is 18.7 Å². The number of ether oxygens (including phenoxy) is 1. The SMILES string of the molecule is CCCCCCCCCCCCCCCCCC(=O)OC(C)N1CCN=C1CCCCCCCCCCCCCCCCC. The number of unbranched alkanes of at least 4 members (excludes halogenated alkanes) is 28. The average molecular weight is 619 g/mol. The lowest BCUT2D eigenvalue weighted by Gasteiger charge is -2.27. The van der Waals surface area contributed by atoms with Crippen LogP contribution in [0.3, 0.4) is 0 Å². The van der Waals surface area contributed by atoms with Crippen molar-refractivity contribution in [2.75, 3.05) is 13.1 Å². The van der Waals surface area contributed by atoms with E-state index < -0.39 is 0 Å². The molecule has 0 N–H and O–H groups in total. The van der Waals surface area contributed by atoms with E-state index in [1.165, 1.54) is 180 Å². The lowest BCUT2D eigenvalue weighted by molar-refractivity contribution is -0.154. The van der Waals surface area contributed by atoms with Crippen LogP contribution in [0.5, 0.6) is 0 Å². The second-order valence-electron chi connectivity index (χ2n) is 14.0. The van der Waals surface area contributed by atoms with Crippen molar-refractivity contribution in [3.8, 4) is 0 Å². The van der Waals surface area contributed by atoms with Crippen molar-refractivity contribution in [1.82, 2.24) is 4.90 Å². The largest absolute Gasteiger partial charge is 0.442 e. The number of nitrogens with zero attached hydrogens (tertiary/aromatic N) is 2. The molecule has 0 radical (unpaired) electrons. The van der Waals surface area contributed by atoms with Gasteiger partial charge in [0, 0.05) is 19.4 Å². The van der Waals surface area contributed by atoms with Crippen LogP contribution in [0.15, 0.2) is 4.99 Å². The zero-order chi connectivity index (χ0) is 31.8. The summed E-state index contributed by atoms with van der Waals surface area (Å²) in [6.45, 7) is 8.34. The Morgan fingerprint density at radius 2 is 0.909 bits per heavy atom. The van der Waals surface area contributed by atoms with Crippen molar-refractivity contribution in [2.45, 2.75) is 232 Å². The Morgan fingerprint density at radius 1 is 0.568 bits per heavy atom. The van der Waals surface area contributed by atoms with Crippen LogP contribution in [-0.2, 0) is 9.53 Å². The number of hydrogen-bond acceptors (Lipinski definition) is 4. The zero-order valence-electron chi connectivity index (χ0n) is 30.3. The minimum Gasteiger partial charge on any atom is -0.442 e. The summed E-state index contributed by atoms with van der Waals surface area (Å²) in [5.41, 5.74) is 0. The molecule has 1 rings (SSSR count). The number of aliphatic imine (C=N–C) groups is 1. The van der Waals surface area contributed by atoms with Crippen LogP contribution in [0.2, 0.25) is 0 Å².